The van der Waals surface area contributed by atoms with E-state index in [9.17, 15) is 0 Å². The molecule has 1 rings (SSSR count). The summed E-state index contributed by atoms with van der Waals surface area (Å²) in [5, 5.41) is 3.11. The molecule has 162 valence electrons. The van der Waals surface area contributed by atoms with Crippen molar-refractivity contribution in [2.24, 2.45) is 0 Å². The highest BCUT2D eigenvalue weighted by atomic mass is 15.2. The smallest absolute Gasteiger partial charge is 0.130 e. The molecule has 1 N–H and O–H groups in total. The molecule has 0 spiro atoms. The zero-order valence-corrected chi connectivity index (χ0v) is 19.1. The second-order valence-electron chi connectivity index (χ2n) is 8.36. The van der Waals surface area contributed by atoms with Crippen molar-refractivity contribution >= 4 is 11.6 Å². The molecule has 3 heteroatoms. The highest BCUT2D eigenvalue weighted by Gasteiger charge is 2.03. The average molecular weight is 390 g/mol. The molecule has 0 aliphatic carbocycles. The third-order valence-electron chi connectivity index (χ3n) is 5.73. The van der Waals surface area contributed by atoms with Crippen LogP contribution in [0, 0.1) is 0 Å². The van der Waals surface area contributed by atoms with Crippen molar-refractivity contribution < 1.29 is 0 Å². The maximum atomic E-state index is 4.60. The van der Waals surface area contributed by atoms with Crippen molar-refractivity contribution in [3.8, 4) is 0 Å². The number of nitrogens with zero attached hydrogens (tertiary/aromatic N) is 2. The molecule has 0 saturated carbocycles. The van der Waals surface area contributed by atoms with Gasteiger partial charge in [0.15, 0.2) is 0 Å². The van der Waals surface area contributed by atoms with Crippen LogP contribution in [0.3, 0.4) is 0 Å². The van der Waals surface area contributed by atoms with Gasteiger partial charge >= 0.3 is 0 Å². The fourth-order valence-corrected chi connectivity index (χ4v) is 3.79. The summed E-state index contributed by atoms with van der Waals surface area (Å²) in [6, 6.07) is 6.16. The van der Waals surface area contributed by atoms with E-state index in [1.807, 2.05) is 13.1 Å². The first-order valence-electron chi connectivity index (χ1n) is 12.1. The van der Waals surface area contributed by atoms with Crippen molar-refractivity contribution in [3.63, 3.8) is 0 Å². The maximum Gasteiger partial charge on any atom is 0.130 e. The number of unbranched alkanes of at least 4 members (excludes halogenated alkanes) is 15. The van der Waals surface area contributed by atoms with E-state index in [4.69, 9.17) is 0 Å². The summed E-state index contributed by atoms with van der Waals surface area (Å²) in [5.41, 5.74) is 0. The Balaban J connectivity index is 1.84. The van der Waals surface area contributed by atoms with Crippen molar-refractivity contribution in [1.29, 1.82) is 0 Å². The van der Waals surface area contributed by atoms with Gasteiger partial charge in [-0.15, -0.1) is 0 Å². The van der Waals surface area contributed by atoms with Crippen LogP contribution < -0.4 is 10.2 Å². The summed E-state index contributed by atoms with van der Waals surface area (Å²) >= 11 is 0. The highest BCUT2D eigenvalue weighted by molar-refractivity contribution is 5.46. The van der Waals surface area contributed by atoms with Crippen LogP contribution in [0.15, 0.2) is 18.2 Å². The quantitative estimate of drug-likeness (QED) is 0.244. The molecule has 0 fully saturated rings. The lowest BCUT2D eigenvalue weighted by molar-refractivity contribution is 0.529. The Morgan fingerprint density at radius 3 is 1.64 bits per heavy atom. The predicted molar refractivity (Wildman–Crippen MR) is 127 cm³/mol. The maximum absolute atomic E-state index is 4.60. The Kier molecular flexibility index (Phi) is 15.8. The van der Waals surface area contributed by atoms with E-state index in [1.54, 1.807) is 0 Å². The molecular weight excluding hydrogens is 342 g/mol. The number of hydrogen-bond donors (Lipinski definition) is 1. The van der Waals surface area contributed by atoms with Crippen molar-refractivity contribution in [2.45, 2.75) is 110 Å². The molecule has 1 aromatic heterocycles. The van der Waals surface area contributed by atoms with Crippen molar-refractivity contribution in [3.05, 3.63) is 18.2 Å². The minimum atomic E-state index is 0.941. The van der Waals surface area contributed by atoms with Gasteiger partial charge in [-0.25, -0.2) is 4.98 Å². The van der Waals surface area contributed by atoms with Crippen LogP contribution in [0.25, 0.3) is 0 Å². The number of rotatable bonds is 19. The topological polar surface area (TPSA) is 28.2 Å². The Bertz CT molecular complexity index is 461. The molecule has 0 atom stereocenters. The van der Waals surface area contributed by atoms with E-state index in [0.29, 0.717) is 0 Å². The molecular formula is C25H47N3. The van der Waals surface area contributed by atoms with Crippen LogP contribution >= 0.6 is 0 Å². The van der Waals surface area contributed by atoms with Crippen molar-refractivity contribution in [1.82, 2.24) is 4.98 Å². The zero-order valence-electron chi connectivity index (χ0n) is 19.1. The summed E-state index contributed by atoms with van der Waals surface area (Å²) in [4.78, 5) is 6.87. The summed E-state index contributed by atoms with van der Waals surface area (Å²) in [6.45, 7) is 3.39. The van der Waals surface area contributed by atoms with Gasteiger partial charge in [0.05, 0.1) is 0 Å². The monoisotopic (exact) mass is 389 g/mol. The normalized spacial score (nSPS) is 11.0. The van der Waals surface area contributed by atoms with Crippen LogP contribution in [-0.4, -0.2) is 25.6 Å². The summed E-state index contributed by atoms with van der Waals surface area (Å²) in [6.07, 6.45) is 22.7. The van der Waals surface area contributed by atoms with Crippen LogP contribution in [0.2, 0.25) is 0 Å². The van der Waals surface area contributed by atoms with Gasteiger partial charge in [0.25, 0.3) is 0 Å². The SMILES string of the molecule is CCCCCCCCCCCCCCCCCCN(C)c1cccc(NC)n1. The number of aromatic nitrogens is 1. The van der Waals surface area contributed by atoms with Gasteiger partial charge < -0.3 is 10.2 Å². The predicted octanol–water partition coefficient (Wildman–Crippen LogP) is 7.82. The number of pyridine rings is 1. The molecule has 0 radical (unpaired) electrons. The van der Waals surface area contributed by atoms with Gasteiger partial charge in [0.1, 0.15) is 11.6 Å². The molecule has 0 aromatic carbocycles. The fraction of sp³-hybridized carbons (Fsp3) is 0.800. The molecule has 1 heterocycles. The minimum Gasteiger partial charge on any atom is -0.373 e. The van der Waals surface area contributed by atoms with Gasteiger partial charge in [-0.3, -0.25) is 0 Å². The molecule has 0 unspecified atom stereocenters. The lowest BCUT2D eigenvalue weighted by Gasteiger charge is -2.18. The molecule has 3 nitrogen and oxygen atoms in total. The van der Waals surface area contributed by atoms with Gasteiger partial charge in [-0.05, 0) is 18.6 Å². The molecule has 0 aliphatic heterocycles. The minimum absolute atomic E-state index is 0.941. The lowest BCUT2D eigenvalue weighted by Crippen LogP contribution is -2.19. The summed E-state index contributed by atoms with van der Waals surface area (Å²) in [7, 11) is 4.06. The standard InChI is InChI=1S/C25H47N3/c1-4-5-6-7-8-9-10-11-12-13-14-15-16-17-18-19-23-28(3)25-22-20-21-24(26-2)27-25/h20-22H,4-19,23H2,1-3H3,(H,26,27). The molecule has 28 heavy (non-hydrogen) atoms. The van der Waals surface area contributed by atoms with E-state index in [1.165, 1.54) is 103 Å². The van der Waals surface area contributed by atoms with Gasteiger partial charge in [-0.2, -0.15) is 0 Å². The Labute approximate surface area is 175 Å². The van der Waals surface area contributed by atoms with Crippen molar-refractivity contribution in [2.75, 3.05) is 30.9 Å². The molecule has 0 bridgehead atoms. The van der Waals surface area contributed by atoms with E-state index < -0.39 is 0 Å². The second-order valence-corrected chi connectivity index (χ2v) is 8.36. The summed E-state index contributed by atoms with van der Waals surface area (Å²) < 4.78 is 0. The van der Waals surface area contributed by atoms with Gasteiger partial charge in [0.2, 0.25) is 0 Å². The average Bonchev–Trinajstić information content (AvgIpc) is 2.73. The molecule has 0 saturated heterocycles. The third kappa shape index (κ3) is 13.0. The van der Waals surface area contributed by atoms with E-state index >= 15 is 0 Å². The van der Waals surface area contributed by atoms with E-state index in [2.05, 4.69) is 41.3 Å². The van der Waals surface area contributed by atoms with Crippen LogP contribution in [0.1, 0.15) is 110 Å². The number of anilines is 2. The van der Waals surface area contributed by atoms with Gasteiger partial charge in [-0.1, -0.05) is 109 Å². The van der Waals surface area contributed by atoms with Crippen LogP contribution in [0.5, 0.6) is 0 Å². The molecule has 0 aliphatic rings. The zero-order chi connectivity index (χ0) is 20.3. The molecule has 0 amide bonds. The molecule has 1 aromatic rings. The first-order valence-corrected chi connectivity index (χ1v) is 12.1. The largest absolute Gasteiger partial charge is 0.373 e. The third-order valence-corrected chi connectivity index (χ3v) is 5.73. The Morgan fingerprint density at radius 2 is 1.18 bits per heavy atom. The fourth-order valence-electron chi connectivity index (χ4n) is 3.79. The van der Waals surface area contributed by atoms with Gasteiger partial charge in [0, 0.05) is 20.6 Å². The Morgan fingerprint density at radius 1 is 0.714 bits per heavy atom. The van der Waals surface area contributed by atoms with E-state index in [0.717, 1.165) is 18.2 Å². The first-order chi connectivity index (χ1) is 13.8. The Hall–Kier alpha value is -1.25. The summed E-state index contributed by atoms with van der Waals surface area (Å²) in [5.74, 6) is 2.00. The number of nitrogens with one attached hydrogen (secondary N) is 1. The number of hydrogen-bond acceptors (Lipinski definition) is 3. The first kappa shape index (κ1) is 24.8. The highest BCUT2D eigenvalue weighted by Crippen LogP contribution is 2.15. The van der Waals surface area contributed by atoms with Crippen LogP contribution in [-0.2, 0) is 0 Å². The second kappa shape index (κ2) is 17.8. The van der Waals surface area contributed by atoms with E-state index in [-0.39, 0.29) is 0 Å². The lowest BCUT2D eigenvalue weighted by atomic mass is 10.0. The van der Waals surface area contributed by atoms with Crippen LogP contribution in [0.4, 0.5) is 11.6 Å².